The molecule has 2 rings (SSSR count). The summed E-state index contributed by atoms with van der Waals surface area (Å²) in [5, 5.41) is 3.18. The van der Waals surface area contributed by atoms with Crippen LogP contribution < -0.4 is 5.32 Å². The summed E-state index contributed by atoms with van der Waals surface area (Å²) >= 11 is 7.21. The highest BCUT2D eigenvalue weighted by molar-refractivity contribution is 7.99. The number of nitrogens with one attached hydrogen (secondary N) is 1. The van der Waals surface area contributed by atoms with E-state index >= 15 is 0 Å². The van der Waals surface area contributed by atoms with Crippen molar-refractivity contribution < 1.29 is 13.6 Å². The van der Waals surface area contributed by atoms with Crippen molar-refractivity contribution in [1.82, 2.24) is 0 Å². The Morgan fingerprint density at radius 3 is 2.48 bits per heavy atom. The molecule has 2 aromatic carbocycles. The molecule has 0 heterocycles. The molecule has 0 aliphatic rings. The Morgan fingerprint density at radius 1 is 1.10 bits per heavy atom. The molecule has 0 saturated heterocycles. The second-order valence-electron chi connectivity index (χ2n) is 4.30. The van der Waals surface area contributed by atoms with Gasteiger partial charge in [-0.05, 0) is 29.8 Å². The van der Waals surface area contributed by atoms with Crippen LogP contribution >= 0.6 is 23.4 Å². The predicted molar refractivity (Wildman–Crippen MR) is 82.6 cm³/mol. The van der Waals surface area contributed by atoms with E-state index in [1.54, 1.807) is 12.1 Å². The van der Waals surface area contributed by atoms with Crippen LogP contribution in [0.4, 0.5) is 14.5 Å². The topological polar surface area (TPSA) is 29.1 Å². The van der Waals surface area contributed by atoms with E-state index in [1.165, 1.54) is 17.8 Å². The number of benzene rings is 2. The van der Waals surface area contributed by atoms with Gasteiger partial charge in [0.2, 0.25) is 5.91 Å². The van der Waals surface area contributed by atoms with E-state index in [0.717, 1.165) is 17.7 Å². The Kier molecular flexibility index (Phi) is 5.59. The summed E-state index contributed by atoms with van der Waals surface area (Å²) < 4.78 is 25.7. The molecule has 0 atom stereocenters. The van der Waals surface area contributed by atoms with Crippen molar-refractivity contribution in [1.29, 1.82) is 0 Å². The van der Waals surface area contributed by atoms with Crippen molar-refractivity contribution in [2.45, 2.75) is 5.75 Å². The van der Waals surface area contributed by atoms with Crippen LogP contribution in [-0.2, 0) is 10.5 Å². The van der Waals surface area contributed by atoms with Crippen molar-refractivity contribution in [2.75, 3.05) is 11.1 Å². The zero-order valence-corrected chi connectivity index (χ0v) is 12.5. The van der Waals surface area contributed by atoms with Crippen molar-refractivity contribution in [2.24, 2.45) is 0 Å². The third-order valence-corrected chi connectivity index (χ3v) is 3.87. The Labute approximate surface area is 130 Å². The number of amides is 1. The average molecular weight is 328 g/mol. The van der Waals surface area contributed by atoms with Crippen molar-refractivity contribution in [3.8, 4) is 0 Å². The number of hydrogen-bond donors (Lipinski definition) is 1. The molecule has 0 aliphatic carbocycles. The monoisotopic (exact) mass is 327 g/mol. The van der Waals surface area contributed by atoms with Gasteiger partial charge in [0.15, 0.2) is 11.6 Å². The third-order valence-electron chi connectivity index (χ3n) is 2.62. The van der Waals surface area contributed by atoms with E-state index in [-0.39, 0.29) is 17.3 Å². The number of hydrogen-bond acceptors (Lipinski definition) is 2. The lowest BCUT2D eigenvalue weighted by Gasteiger charge is -2.06. The summed E-state index contributed by atoms with van der Waals surface area (Å²) in [6.45, 7) is 0. The van der Waals surface area contributed by atoms with Crippen molar-refractivity contribution >= 4 is 35.0 Å². The molecule has 0 bridgehead atoms. The summed E-state index contributed by atoms with van der Waals surface area (Å²) in [6, 6.07) is 10.6. The lowest BCUT2D eigenvalue weighted by Crippen LogP contribution is -2.14. The SMILES string of the molecule is O=C(CSCc1ccc(Cl)cc1)Nc1ccc(F)c(F)c1. The number of carbonyl (C=O) groups is 1. The normalized spacial score (nSPS) is 10.4. The van der Waals surface area contributed by atoms with Gasteiger partial charge in [0.1, 0.15) is 0 Å². The molecule has 6 heteroatoms. The van der Waals surface area contributed by atoms with E-state index in [4.69, 9.17) is 11.6 Å². The van der Waals surface area contributed by atoms with Gasteiger partial charge in [-0.2, -0.15) is 0 Å². The van der Waals surface area contributed by atoms with Crippen molar-refractivity contribution in [3.63, 3.8) is 0 Å². The molecule has 0 unspecified atom stereocenters. The number of rotatable bonds is 5. The van der Waals surface area contributed by atoms with Gasteiger partial charge in [-0.1, -0.05) is 23.7 Å². The second kappa shape index (κ2) is 7.43. The minimum absolute atomic E-state index is 0.224. The highest BCUT2D eigenvalue weighted by Gasteiger charge is 2.06. The lowest BCUT2D eigenvalue weighted by atomic mass is 10.2. The number of halogens is 3. The maximum atomic E-state index is 13.0. The molecule has 0 spiro atoms. The van der Waals surface area contributed by atoms with E-state index in [0.29, 0.717) is 10.8 Å². The highest BCUT2D eigenvalue weighted by Crippen LogP contribution is 2.17. The lowest BCUT2D eigenvalue weighted by molar-refractivity contribution is -0.113. The Morgan fingerprint density at radius 2 is 1.81 bits per heavy atom. The molecule has 2 nitrogen and oxygen atoms in total. The minimum atomic E-state index is -0.985. The summed E-state index contributed by atoms with van der Waals surface area (Å²) in [5.74, 6) is -1.30. The van der Waals surface area contributed by atoms with Crippen LogP contribution in [-0.4, -0.2) is 11.7 Å². The Hall–Kier alpha value is -1.59. The first kappa shape index (κ1) is 15.8. The van der Waals surface area contributed by atoms with Crippen LogP contribution in [0.1, 0.15) is 5.56 Å². The first-order chi connectivity index (χ1) is 10.0. The first-order valence-electron chi connectivity index (χ1n) is 6.11. The first-order valence-corrected chi connectivity index (χ1v) is 7.65. The van der Waals surface area contributed by atoms with Gasteiger partial charge in [0, 0.05) is 22.5 Å². The summed E-state index contributed by atoms with van der Waals surface area (Å²) in [4.78, 5) is 11.7. The van der Waals surface area contributed by atoms with Gasteiger partial charge in [-0.15, -0.1) is 11.8 Å². The standard InChI is InChI=1S/C15H12ClF2NOS/c16-11-3-1-10(2-4-11)8-21-9-15(20)19-12-5-6-13(17)14(18)7-12/h1-7H,8-9H2,(H,19,20). The van der Waals surface area contributed by atoms with Gasteiger partial charge >= 0.3 is 0 Å². The molecular weight excluding hydrogens is 316 g/mol. The van der Waals surface area contributed by atoms with Gasteiger partial charge in [-0.3, -0.25) is 4.79 Å². The minimum Gasteiger partial charge on any atom is -0.325 e. The zero-order chi connectivity index (χ0) is 15.2. The molecular formula is C15H12ClF2NOS. The quantitative estimate of drug-likeness (QED) is 0.876. The summed E-state index contributed by atoms with van der Waals surface area (Å²) in [7, 11) is 0. The van der Waals surface area contributed by atoms with Gasteiger partial charge in [0.05, 0.1) is 5.75 Å². The van der Waals surface area contributed by atoms with Crippen LogP contribution in [0.15, 0.2) is 42.5 Å². The molecule has 0 saturated carbocycles. The highest BCUT2D eigenvalue weighted by atomic mass is 35.5. The largest absolute Gasteiger partial charge is 0.325 e. The van der Waals surface area contributed by atoms with E-state index in [2.05, 4.69) is 5.32 Å². The van der Waals surface area contributed by atoms with Gasteiger partial charge in [-0.25, -0.2) is 8.78 Å². The van der Waals surface area contributed by atoms with Crippen molar-refractivity contribution in [3.05, 3.63) is 64.7 Å². The maximum Gasteiger partial charge on any atom is 0.234 e. The molecule has 0 aliphatic heterocycles. The molecule has 0 aromatic heterocycles. The second-order valence-corrected chi connectivity index (χ2v) is 5.72. The summed E-state index contributed by atoms with van der Waals surface area (Å²) in [6.07, 6.45) is 0. The number of anilines is 1. The van der Waals surface area contributed by atoms with Crippen LogP contribution in [0, 0.1) is 11.6 Å². The van der Waals surface area contributed by atoms with Crippen LogP contribution in [0.3, 0.4) is 0 Å². The Balaban J connectivity index is 1.79. The van der Waals surface area contributed by atoms with Crippen LogP contribution in [0.5, 0.6) is 0 Å². The Bertz CT molecular complexity index is 634. The summed E-state index contributed by atoms with van der Waals surface area (Å²) in [5.41, 5.74) is 1.30. The zero-order valence-electron chi connectivity index (χ0n) is 10.9. The fourth-order valence-electron chi connectivity index (χ4n) is 1.61. The number of thioether (sulfide) groups is 1. The maximum absolute atomic E-state index is 13.0. The van der Waals surface area contributed by atoms with Gasteiger partial charge < -0.3 is 5.32 Å². The molecule has 21 heavy (non-hydrogen) atoms. The fourth-order valence-corrected chi connectivity index (χ4v) is 2.53. The number of carbonyl (C=O) groups excluding carboxylic acids is 1. The fraction of sp³-hybridized carbons (Fsp3) is 0.133. The van der Waals surface area contributed by atoms with E-state index in [1.807, 2.05) is 12.1 Å². The molecule has 2 aromatic rings. The van der Waals surface area contributed by atoms with Gasteiger partial charge in [0.25, 0.3) is 0 Å². The third kappa shape index (κ3) is 5.02. The average Bonchev–Trinajstić information content (AvgIpc) is 2.45. The molecule has 0 fully saturated rings. The molecule has 0 radical (unpaired) electrons. The molecule has 1 amide bonds. The molecule has 110 valence electrons. The van der Waals surface area contributed by atoms with E-state index in [9.17, 15) is 13.6 Å². The predicted octanol–water partition coefficient (Wildman–Crippen LogP) is 4.49. The van der Waals surface area contributed by atoms with Crippen LogP contribution in [0.2, 0.25) is 5.02 Å². The van der Waals surface area contributed by atoms with E-state index < -0.39 is 11.6 Å². The smallest absolute Gasteiger partial charge is 0.234 e. The molecule has 1 N–H and O–H groups in total. The van der Waals surface area contributed by atoms with Crippen LogP contribution in [0.25, 0.3) is 0 Å².